The highest BCUT2D eigenvalue weighted by atomic mass is 15.2. The van der Waals surface area contributed by atoms with Crippen LogP contribution in [-0.2, 0) is 0 Å². The molecule has 3 aliphatic rings. The summed E-state index contributed by atoms with van der Waals surface area (Å²) in [5, 5.41) is 3.69. The van der Waals surface area contributed by atoms with E-state index in [0.717, 1.165) is 29.8 Å². The van der Waals surface area contributed by atoms with Gasteiger partial charge in [-0.1, -0.05) is 20.3 Å². The van der Waals surface area contributed by atoms with Gasteiger partial charge in [-0.15, -0.1) is 0 Å². The predicted octanol–water partition coefficient (Wildman–Crippen LogP) is 2.89. The second-order valence-corrected chi connectivity index (χ2v) is 7.38. The molecular weight excluding hydrogens is 220 g/mol. The maximum atomic E-state index is 3.69. The first-order valence-corrected chi connectivity index (χ1v) is 8.20. The lowest BCUT2D eigenvalue weighted by Gasteiger charge is -2.37. The summed E-state index contributed by atoms with van der Waals surface area (Å²) < 4.78 is 0. The summed E-state index contributed by atoms with van der Waals surface area (Å²) in [5.74, 6) is 2.92. The first kappa shape index (κ1) is 12.9. The minimum Gasteiger partial charge on any atom is -0.313 e. The minimum absolute atomic E-state index is 0.780. The molecule has 2 nitrogen and oxygen atoms in total. The van der Waals surface area contributed by atoms with Crippen LogP contribution in [-0.4, -0.2) is 36.6 Å². The summed E-state index contributed by atoms with van der Waals surface area (Å²) in [7, 11) is 0. The third-order valence-corrected chi connectivity index (χ3v) is 5.39. The number of fused-ring (bicyclic) bond motifs is 2. The summed E-state index contributed by atoms with van der Waals surface area (Å²) in [6.45, 7) is 8.62. The molecule has 0 amide bonds. The fourth-order valence-corrected chi connectivity index (χ4v) is 4.67. The van der Waals surface area contributed by atoms with Gasteiger partial charge >= 0.3 is 0 Å². The zero-order valence-electron chi connectivity index (χ0n) is 12.2. The highest BCUT2D eigenvalue weighted by molar-refractivity contribution is 4.96. The second-order valence-electron chi connectivity index (χ2n) is 7.38. The Morgan fingerprint density at radius 1 is 1.17 bits per heavy atom. The lowest BCUT2D eigenvalue weighted by molar-refractivity contribution is 0.117. The van der Waals surface area contributed by atoms with E-state index in [4.69, 9.17) is 0 Å². The molecule has 0 radical (unpaired) electrons. The lowest BCUT2D eigenvalue weighted by Crippen LogP contribution is -2.47. The molecule has 2 saturated carbocycles. The largest absolute Gasteiger partial charge is 0.313 e. The zero-order valence-corrected chi connectivity index (χ0v) is 12.2. The van der Waals surface area contributed by atoms with Gasteiger partial charge in [0.15, 0.2) is 0 Å². The first-order valence-electron chi connectivity index (χ1n) is 8.20. The molecule has 18 heavy (non-hydrogen) atoms. The van der Waals surface area contributed by atoms with E-state index < -0.39 is 0 Å². The van der Waals surface area contributed by atoms with E-state index in [9.17, 15) is 0 Å². The standard InChI is InChI=1S/C16H30N2/c1-12(2)10-18(11-15-4-3-7-17-15)16-9-13-5-6-14(16)8-13/h12-17H,3-11H2,1-2H3. The van der Waals surface area contributed by atoms with Crippen molar-refractivity contribution in [3.63, 3.8) is 0 Å². The van der Waals surface area contributed by atoms with E-state index in [1.165, 1.54) is 58.2 Å². The summed E-state index contributed by atoms with van der Waals surface area (Å²) in [6.07, 6.45) is 8.87. The molecule has 1 heterocycles. The van der Waals surface area contributed by atoms with Crippen molar-refractivity contribution in [2.45, 2.75) is 64.5 Å². The van der Waals surface area contributed by atoms with Gasteiger partial charge in [0.1, 0.15) is 0 Å². The van der Waals surface area contributed by atoms with E-state index in [0.29, 0.717) is 0 Å². The lowest BCUT2D eigenvalue weighted by atomic mass is 9.93. The Kier molecular flexibility index (Phi) is 3.95. The minimum atomic E-state index is 0.780. The van der Waals surface area contributed by atoms with Crippen LogP contribution in [0.3, 0.4) is 0 Å². The molecule has 4 unspecified atom stereocenters. The summed E-state index contributed by atoms with van der Waals surface area (Å²) in [5.41, 5.74) is 0. The van der Waals surface area contributed by atoms with Crippen molar-refractivity contribution in [2.75, 3.05) is 19.6 Å². The molecule has 4 atom stereocenters. The Hall–Kier alpha value is -0.0800. The van der Waals surface area contributed by atoms with Gasteiger partial charge in [0.2, 0.25) is 0 Å². The van der Waals surface area contributed by atoms with Crippen molar-refractivity contribution >= 4 is 0 Å². The molecule has 2 bridgehead atoms. The van der Waals surface area contributed by atoms with Gasteiger partial charge in [-0.05, 0) is 56.4 Å². The molecule has 1 aliphatic heterocycles. The van der Waals surface area contributed by atoms with Crippen molar-refractivity contribution in [1.82, 2.24) is 10.2 Å². The fourth-order valence-electron chi connectivity index (χ4n) is 4.67. The van der Waals surface area contributed by atoms with Crippen LogP contribution in [0.1, 0.15) is 52.4 Å². The van der Waals surface area contributed by atoms with E-state index in [-0.39, 0.29) is 0 Å². The molecule has 1 saturated heterocycles. The van der Waals surface area contributed by atoms with Crippen molar-refractivity contribution in [1.29, 1.82) is 0 Å². The van der Waals surface area contributed by atoms with Gasteiger partial charge in [-0.25, -0.2) is 0 Å². The summed E-state index contributed by atoms with van der Waals surface area (Å²) in [4.78, 5) is 2.86. The number of nitrogens with one attached hydrogen (secondary N) is 1. The van der Waals surface area contributed by atoms with E-state index in [2.05, 4.69) is 24.1 Å². The normalized spacial score (nSPS) is 39.3. The van der Waals surface area contributed by atoms with Gasteiger partial charge in [0.25, 0.3) is 0 Å². The van der Waals surface area contributed by atoms with Crippen LogP contribution in [0.25, 0.3) is 0 Å². The molecule has 0 spiro atoms. The molecule has 0 aromatic heterocycles. The maximum absolute atomic E-state index is 3.69. The number of rotatable bonds is 5. The smallest absolute Gasteiger partial charge is 0.0195 e. The average molecular weight is 250 g/mol. The highest BCUT2D eigenvalue weighted by Gasteiger charge is 2.42. The van der Waals surface area contributed by atoms with Crippen LogP contribution in [0.4, 0.5) is 0 Å². The van der Waals surface area contributed by atoms with E-state index in [1.807, 2.05) is 0 Å². The van der Waals surface area contributed by atoms with Crippen molar-refractivity contribution in [3.8, 4) is 0 Å². The molecule has 104 valence electrons. The van der Waals surface area contributed by atoms with Crippen LogP contribution in [0.2, 0.25) is 0 Å². The van der Waals surface area contributed by atoms with Gasteiger partial charge in [0, 0.05) is 25.2 Å². The maximum Gasteiger partial charge on any atom is 0.0195 e. The molecule has 1 N–H and O–H groups in total. The Labute approximate surface area is 113 Å². The molecule has 3 fully saturated rings. The van der Waals surface area contributed by atoms with Gasteiger partial charge in [0.05, 0.1) is 0 Å². The third kappa shape index (κ3) is 2.75. The molecule has 2 aliphatic carbocycles. The third-order valence-electron chi connectivity index (χ3n) is 5.39. The van der Waals surface area contributed by atoms with Crippen molar-refractivity contribution in [3.05, 3.63) is 0 Å². The van der Waals surface area contributed by atoms with Gasteiger partial charge < -0.3 is 5.32 Å². The van der Waals surface area contributed by atoms with Crippen LogP contribution in [0.15, 0.2) is 0 Å². The molecule has 0 aromatic rings. The number of hydrogen-bond donors (Lipinski definition) is 1. The van der Waals surface area contributed by atoms with Crippen LogP contribution in [0, 0.1) is 17.8 Å². The topological polar surface area (TPSA) is 15.3 Å². The second kappa shape index (κ2) is 5.50. The van der Waals surface area contributed by atoms with Crippen molar-refractivity contribution in [2.24, 2.45) is 17.8 Å². The fraction of sp³-hybridized carbons (Fsp3) is 1.00. The van der Waals surface area contributed by atoms with Crippen LogP contribution < -0.4 is 5.32 Å². The Bertz CT molecular complexity index is 270. The Morgan fingerprint density at radius 3 is 2.61 bits per heavy atom. The highest BCUT2D eigenvalue weighted by Crippen LogP contribution is 2.46. The average Bonchev–Trinajstić information content (AvgIpc) is 3.04. The van der Waals surface area contributed by atoms with Gasteiger partial charge in [-0.2, -0.15) is 0 Å². The monoisotopic (exact) mass is 250 g/mol. The summed E-state index contributed by atoms with van der Waals surface area (Å²) >= 11 is 0. The first-order chi connectivity index (χ1) is 8.72. The van der Waals surface area contributed by atoms with E-state index in [1.54, 1.807) is 0 Å². The molecule has 2 heteroatoms. The molecular formula is C16H30N2. The van der Waals surface area contributed by atoms with Gasteiger partial charge in [-0.3, -0.25) is 4.90 Å². The van der Waals surface area contributed by atoms with Crippen LogP contribution >= 0.6 is 0 Å². The Morgan fingerprint density at radius 2 is 2.06 bits per heavy atom. The Balaban J connectivity index is 1.61. The molecule has 0 aromatic carbocycles. The SMILES string of the molecule is CC(C)CN(CC1CCCN1)C1CC2CCC1C2. The van der Waals surface area contributed by atoms with Crippen LogP contribution in [0.5, 0.6) is 0 Å². The number of nitrogens with zero attached hydrogens (tertiary/aromatic N) is 1. The molecule has 3 rings (SSSR count). The quantitative estimate of drug-likeness (QED) is 0.807. The summed E-state index contributed by atoms with van der Waals surface area (Å²) in [6, 6.07) is 1.71. The van der Waals surface area contributed by atoms with Crippen molar-refractivity contribution < 1.29 is 0 Å². The number of hydrogen-bond acceptors (Lipinski definition) is 2. The zero-order chi connectivity index (χ0) is 12.5. The predicted molar refractivity (Wildman–Crippen MR) is 76.7 cm³/mol. The van der Waals surface area contributed by atoms with E-state index >= 15 is 0 Å².